The Morgan fingerprint density at radius 1 is 1.00 bits per heavy atom. The van der Waals surface area contributed by atoms with Crippen LogP contribution < -0.4 is 14.9 Å². The summed E-state index contributed by atoms with van der Waals surface area (Å²) in [6.07, 6.45) is 2.60. The fourth-order valence-corrected chi connectivity index (χ4v) is 3.39. The largest absolute Gasteiger partial charge is 0.489 e. The zero-order valence-electron chi connectivity index (χ0n) is 19.2. The highest BCUT2D eigenvalue weighted by molar-refractivity contribution is 5.97. The van der Waals surface area contributed by atoms with Crippen LogP contribution in [-0.4, -0.2) is 28.6 Å². The average molecular weight is 470 g/mol. The number of carboxylic acid groups (broad SMARTS) is 1. The number of rotatable bonds is 10. The monoisotopic (exact) mass is 469 g/mol. The third kappa shape index (κ3) is 6.45. The summed E-state index contributed by atoms with van der Waals surface area (Å²) in [6.45, 7) is 2.44. The van der Waals surface area contributed by atoms with Crippen LogP contribution in [0.25, 0.3) is 17.3 Å². The Bertz CT molecular complexity index is 1340. The molecule has 4 rings (SSSR count). The molecular formula is C28H25N2O5+. The van der Waals surface area contributed by atoms with Gasteiger partial charge in [-0.2, -0.15) is 0 Å². The maximum Gasteiger partial charge on any atom is 0.328 e. The van der Waals surface area contributed by atoms with Gasteiger partial charge in [0.2, 0.25) is 5.71 Å². The minimum atomic E-state index is -1.03. The molecule has 0 aliphatic carbocycles. The minimum absolute atomic E-state index is 0.298. The summed E-state index contributed by atoms with van der Waals surface area (Å²) in [5.41, 5.74) is 4.59. The molecular weight excluding hydrogens is 444 g/mol. The lowest BCUT2D eigenvalue weighted by Gasteiger charge is -2.10. The van der Waals surface area contributed by atoms with Gasteiger partial charge in [-0.1, -0.05) is 41.6 Å². The molecule has 0 bridgehead atoms. The van der Waals surface area contributed by atoms with E-state index < -0.39 is 5.97 Å². The second-order valence-corrected chi connectivity index (χ2v) is 7.86. The molecule has 3 aromatic carbocycles. The number of aryl methyl sites for hydroxylation is 1. The summed E-state index contributed by atoms with van der Waals surface area (Å²) in [6, 6.07) is 24.5. The molecule has 0 atom stereocenters. The molecule has 0 aliphatic heterocycles. The summed E-state index contributed by atoms with van der Waals surface area (Å²) in [5, 5.41) is 19.1. The highest BCUT2D eigenvalue weighted by Crippen LogP contribution is 2.29. The van der Waals surface area contributed by atoms with E-state index in [0.717, 1.165) is 17.2 Å². The maximum atomic E-state index is 11.0. The van der Waals surface area contributed by atoms with E-state index in [0.29, 0.717) is 53.0 Å². The van der Waals surface area contributed by atoms with Crippen molar-refractivity contribution in [3.05, 3.63) is 107 Å². The molecule has 3 N–H and O–H groups in total. The Morgan fingerprint density at radius 3 is 2.43 bits per heavy atom. The quantitative estimate of drug-likeness (QED) is 0.269. The van der Waals surface area contributed by atoms with Gasteiger partial charge in [0.1, 0.15) is 29.6 Å². The van der Waals surface area contributed by atoms with Gasteiger partial charge >= 0.3 is 5.97 Å². The van der Waals surface area contributed by atoms with Crippen molar-refractivity contribution >= 4 is 17.8 Å². The number of nitrogens with two attached hydrogens (primary N) is 1. The molecule has 7 nitrogen and oxygen atoms in total. The van der Waals surface area contributed by atoms with Crippen LogP contribution in [-0.2, 0) is 11.4 Å². The van der Waals surface area contributed by atoms with Gasteiger partial charge in [0.05, 0.1) is 0 Å². The van der Waals surface area contributed by atoms with Crippen LogP contribution in [0.2, 0.25) is 0 Å². The lowest BCUT2D eigenvalue weighted by molar-refractivity contribution is -0.131. The average Bonchev–Trinajstić information content (AvgIpc) is 3.32. The van der Waals surface area contributed by atoms with Crippen molar-refractivity contribution in [3.8, 4) is 22.8 Å². The summed E-state index contributed by atoms with van der Waals surface area (Å²) < 4.78 is 17.0. The lowest BCUT2D eigenvalue weighted by Crippen LogP contribution is -2.43. The third-order valence-electron chi connectivity index (χ3n) is 5.20. The van der Waals surface area contributed by atoms with Gasteiger partial charge in [-0.3, -0.25) is 5.41 Å². The van der Waals surface area contributed by atoms with Gasteiger partial charge in [-0.25, -0.2) is 4.79 Å². The van der Waals surface area contributed by atoms with E-state index in [-0.39, 0.29) is 0 Å². The molecule has 0 saturated carbocycles. The molecule has 176 valence electrons. The molecule has 0 amide bonds. The molecule has 0 saturated heterocycles. The smallest absolute Gasteiger partial charge is 0.328 e. The lowest BCUT2D eigenvalue weighted by atomic mass is 10.0. The Kier molecular flexibility index (Phi) is 7.37. The topological polar surface area (TPSA) is 107 Å². The fraction of sp³-hybridized carbons (Fsp3) is 0.107. The summed E-state index contributed by atoms with van der Waals surface area (Å²) >= 11 is 0. The second kappa shape index (κ2) is 11.0. The van der Waals surface area contributed by atoms with Crippen LogP contribution >= 0.6 is 0 Å². The predicted octanol–water partition coefficient (Wildman–Crippen LogP) is 3.95. The zero-order valence-corrected chi connectivity index (χ0v) is 19.2. The van der Waals surface area contributed by atoms with Gasteiger partial charge in [0, 0.05) is 23.3 Å². The van der Waals surface area contributed by atoms with Crippen LogP contribution in [0, 0.1) is 6.92 Å². The van der Waals surface area contributed by atoms with Crippen LogP contribution in [0.3, 0.4) is 0 Å². The van der Waals surface area contributed by atoms with Crippen LogP contribution in [0.5, 0.6) is 11.5 Å². The van der Waals surface area contributed by atoms with E-state index in [1.54, 1.807) is 25.1 Å². The molecule has 0 fully saturated rings. The molecule has 0 aliphatic rings. The van der Waals surface area contributed by atoms with E-state index >= 15 is 0 Å². The Morgan fingerprint density at radius 2 is 1.74 bits per heavy atom. The van der Waals surface area contributed by atoms with Crippen molar-refractivity contribution in [1.82, 2.24) is 5.16 Å². The van der Waals surface area contributed by atoms with Crippen molar-refractivity contribution in [2.75, 3.05) is 6.61 Å². The molecule has 0 spiro atoms. The molecule has 0 unspecified atom stereocenters. The first-order valence-corrected chi connectivity index (χ1v) is 11.0. The normalized spacial score (nSPS) is 10.9. The third-order valence-corrected chi connectivity index (χ3v) is 5.20. The van der Waals surface area contributed by atoms with Crippen molar-refractivity contribution in [2.24, 2.45) is 0 Å². The Labute approximate surface area is 202 Å². The molecule has 0 radical (unpaired) electrons. The SMILES string of the molecule is Cc1cc(-c2cc(OCc3ccc(OCC(=[NH2+])c4ccccc4)cc3)ccc2/C=C/C(=O)O)no1. The number of carboxylic acids is 1. The van der Waals surface area contributed by atoms with E-state index in [1.165, 1.54) is 6.08 Å². The fourth-order valence-electron chi connectivity index (χ4n) is 3.39. The zero-order chi connectivity index (χ0) is 24.6. The van der Waals surface area contributed by atoms with E-state index in [2.05, 4.69) is 5.16 Å². The van der Waals surface area contributed by atoms with Crippen LogP contribution in [0.1, 0.15) is 22.5 Å². The number of hydrogen-bond acceptors (Lipinski definition) is 5. The van der Waals surface area contributed by atoms with Gasteiger partial charge in [0.25, 0.3) is 0 Å². The van der Waals surface area contributed by atoms with Crippen molar-refractivity contribution in [3.63, 3.8) is 0 Å². The number of ether oxygens (including phenoxy) is 2. The van der Waals surface area contributed by atoms with E-state index in [9.17, 15) is 4.79 Å². The summed E-state index contributed by atoms with van der Waals surface area (Å²) in [4.78, 5) is 11.0. The van der Waals surface area contributed by atoms with Gasteiger partial charge in [0.15, 0.2) is 6.61 Å². The number of carbonyl (C=O) groups is 1. The van der Waals surface area contributed by atoms with Crippen molar-refractivity contribution in [1.29, 1.82) is 0 Å². The summed E-state index contributed by atoms with van der Waals surface area (Å²) in [7, 11) is 0. The number of aliphatic carboxylic acids is 1. The first kappa shape index (κ1) is 23.5. The van der Waals surface area contributed by atoms with Crippen molar-refractivity contribution in [2.45, 2.75) is 13.5 Å². The maximum absolute atomic E-state index is 11.0. The molecule has 35 heavy (non-hydrogen) atoms. The van der Waals surface area contributed by atoms with Gasteiger partial charge in [-0.05, 0) is 60.5 Å². The van der Waals surface area contributed by atoms with Crippen LogP contribution in [0.4, 0.5) is 0 Å². The first-order chi connectivity index (χ1) is 17.0. The molecule has 7 heteroatoms. The number of hydrogen-bond donors (Lipinski definition) is 2. The van der Waals surface area contributed by atoms with Gasteiger partial charge in [-0.15, -0.1) is 0 Å². The molecule has 1 aromatic heterocycles. The minimum Gasteiger partial charge on any atom is -0.489 e. The van der Waals surface area contributed by atoms with Crippen molar-refractivity contribution < 1.29 is 29.3 Å². The van der Waals surface area contributed by atoms with Crippen LogP contribution in [0.15, 0.2) is 89.5 Å². The highest BCUT2D eigenvalue weighted by atomic mass is 16.5. The van der Waals surface area contributed by atoms with Gasteiger partial charge < -0.3 is 19.1 Å². The predicted molar refractivity (Wildman–Crippen MR) is 132 cm³/mol. The standard InChI is InChI=1S/C28H24N2O5/c1-19-15-27(30-35-19)25-16-24(13-9-21(25)10-14-28(31)32)33-17-20-7-11-23(12-8-20)34-18-26(29)22-5-3-2-4-6-22/h2-16,29H,17-18H2,1H3,(H,31,32)/p+1/b14-10+,29-26?. The first-order valence-electron chi connectivity index (χ1n) is 11.0. The molecule has 1 heterocycles. The summed E-state index contributed by atoms with van der Waals surface area (Å²) in [5.74, 6) is 0.968. The number of benzene rings is 3. The van der Waals surface area contributed by atoms with E-state index in [1.807, 2.05) is 60.7 Å². The number of nitrogens with zero attached hydrogens (tertiary/aromatic N) is 1. The molecule has 4 aromatic rings. The van der Waals surface area contributed by atoms with E-state index in [4.69, 9.17) is 24.5 Å². The Hall–Kier alpha value is -4.65. The Balaban J connectivity index is 1.40. The second-order valence-electron chi connectivity index (χ2n) is 7.86. The number of aromatic nitrogens is 1. The highest BCUT2D eigenvalue weighted by Gasteiger charge is 2.11.